The Morgan fingerprint density at radius 2 is 1.82 bits per heavy atom. The summed E-state index contributed by atoms with van der Waals surface area (Å²) in [5.74, 6) is 0.735. The first-order chi connectivity index (χ1) is 8.18. The summed E-state index contributed by atoms with van der Waals surface area (Å²) in [4.78, 5) is 11.2. The summed E-state index contributed by atoms with van der Waals surface area (Å²) in [6.45, 7) is 3.29. The van der Waals surface area contributed by atoms with Crippen molar-refractivity contribution >= 4 is 5.78 Å². The summed E-state index contributed by atoms with van der Waals surface area (Å²) < 4.78 is 7.62. The molecule has 1 aromatic heterocycles. The second-order valence-electron chi connectivity index (χ2n) is 3.93. The van der Waals surface area contributed by atoms with Crippen LogP contribution in [0.5, 0.6) is 5.75 Å². The van der Waals surface area contributed by atoms with Crippen molar-refractivity contribution in [2.24, 2.45) is 0 Å². The number of nitrogens with zero attached hydrogens (tertiary/aromatic N) is 1. The SMILES string of the molecule is CC(=O)C(C)Oc1ccccc1-n1cccc1. The molecular formula is C14H15NO2. The molecule has 17 heavy (non-hydrogen) atoms. The van der Waals surface area contributed by atoms with Gasteiger partial charge in [0, 0.05) is 12.4 Å². The predicted molar refractivity (Wildman–Crippen MR) is 66.5 cm³/mol. The Labute approximate surface area is 101 Å². The second-order valence-corrected chi connectivity index (χ2v) is 3.93. The van der Waals surface area contributed by atoms with Gasteiger partial charge in [-0.05, 0) is 38.1 Å². The highest BCUT2D eigenvalue weighted by Crippen LogP contribution is 2.23. The predicted octanol–water partition coefficient (Wildman–Crippen LogP) is 2.83. The van der Waals surface area contributed by atoms with Crippen LogP contribution < -0.4 is 4.74 Å². The van der Waals surface area contributed by atoms with E-state index in [-0.39, 0.29) is 5.78 Å². The van der Waals surface area contributed by atoms with E-state index in [1.165, 1.54) is 6.92 Å². The Bertz CT molecular complexity index is 503. The van der Waals surface area contributed by atoms with Gasteiger partial charge in [-0.25, -0.2) is 0 Å². The first kappa shape index (κ1) is 11.5. The van der Waals surface area contributed by atoms with E-state index in [0.29, 0.717) is 5.75 Å². The minimum absolute atomic E-state index is 0.0207. The number of benzene rings is 1. The van der Waals surface area contributed by atoms with E-state index >= 15 is 0 Å². The molecule has 2 rings (SSSR count). The lowest BCUT2D eigenvalue weighted by Gasteiger charge is -2.15. The summed E-state index contributed by atoms with van der Waals surface area (Å²) in [7, 11) is 0. The van der Waals surface area contributed by atoms with Crippen molar-refractivity contribution in [1.29, 1.82) is 0 Å². The van der Waals surface area contributed by atoms with Crippen molar-refractivity contribution in [2.45, 2.75) is 20.0 Å². The van der Waals surface area contributed by atoms with Gasteiger partial charge in [0.25, 0.3) is 0 Å². The summed E-state index contributed by atoms with van der Waals surface area (Å²) in [5, 5.41) is 0. The van der Waals surface area contributed by atoms with Gasteiger partial charge in [-0.3, -0.25) is 4.79 Å². The molecule has 0 amide bonds. The summed E-state index contributed by atoms with van der Waals surface area (Å²) in [6, 6.07) is 11.6. The van der Waals surface area contributed by atoms with Gasteiger partial charge in [0.15, 0.2) is 11.9 Å². The van der Waals surface area contributed by atoms with Crippen molar-refractivity contribution < 1.29 is 9.53 Å². The van der Waals surface area contributed by atoms with Crippen molar-refractivity contribution in [1.82, 2.24) is 4.57 Å². The Hall–Kier alpha value is -2.03. The monoisotopic (exact) mass is 229 g/mol. The van der Waals surface area contributed by atoms with E-state index < -0.39 is 6.10 Å². The van der Waals surface area contributed by atoms with Crippen LogP contribution in [0.3, 0.4) is 0 Å². The normalized spacial score (nSPS) is 12.1. The van der Waals surface area contributed by atoms with Crippen LogP contribution in [0.1, 0.15) is 13.8 Å². The van der Waals surface area contributed by atoms with E-state index in [4.69, 9.17) is 4.74 Å². The Morgan fingerprint density at radius 3 is 2.47 bits per heavy atom. The van der Waals surface area contributed by atoms with E-state index in [1.54, 1.807) is 6.92 Å². The van der Waals surface area contributed by atoms with Crippen molar-refractivity contribution in [3.63, 3.8) is 0 Å². The number of aromatic nitrogens is 1. The van der Waals surface area contributed by atoms with Crippen LogP contribution in [0.2, 0.25) is 0 Å². The third kappa shape index (κ3) is 2.56. The van der Waals surface area contributed by atoms with Gasteiger partial charge >= 0.3 is 0 Å². The van der Waals surface area contributed by atoms with Crippen LogP contribution in [-0.4, -0.2) is 16.5 Å². The highest BCUT2D eigenvalue weighted by Gasteiger charge is 2.12. The fourth-order valence-electron chi connectivity index (χ4n) is 1.54. The Balaban J connectivity index is 2.32. The summed E-state index contributed by atoms with van der Waals surface area (Å²) in [5.41, 5.74) is 0.936. The molecule has 0 aliphatic carbocycles. The zero-order valence-electron chi connectivity index (χ0n) is 9.96. The number of Topliss-reactive ketones (excluding diaryl/α,β-unsaturated/α-hetero) is 1. The highest BCUT2D eigenvalue weighted by atomic mass is 16.5. The summed E-state index contributed by atoms with van der Waals surface area (Å²) >= 11 is 0. The molecule has 0 radical (unpaired) electrons. The average Bonchev–Trinajstić information content (AvgIpc) is 2.83. The summed E-state index contributed by atoms with van der Waals surface area (Å²) in [6.07, 6.45) is 3.47. The maximum atomic E-state index is 11.2. The topological polar surface area (TPSA) is 31.2 Å². The molecule has 2 aromatic rings. The molecule has 0 spiro atoms. The van der Waals surface area contributed by atoms with Gasteiger partial charge in [-0.2, -0.15) is 0 Å². The van der Waals surface area contributed by atoms with E-state index in [2.05, 4.69) is 0 Å². The number of carbonyl (C=O) groups is 1. The fourth-order valence-corrected chi connectivity index (χ4v) is 1.54. The Morgan fingerprint density at radius 1 is 1.18 bits per heavy atom. The minimum Gasteiger partial charge on any atom is -0.481 e. The number of carbonyl (C=O) groups excluding carboxylic acids is 1. The van der Waals surface area contributed by atoms with E-state index in [9.17, 15) is 4.79 Å². The van der Waals surface area contributed by atoms with Gasteiger partial charge in [-0.15, -0.1) is 0 Å². The molecule has 3 heteroatoms. The van der Waals surface area contributed by atoms with Gasteiger partial charge in [0.1, 0.15) is 5.75 Å². The van der Waals surface area contributed by atoms with Crippen LogP contribution >= 0.6 is 0 Å². The molecule has 1 unspecified atom stereocenters. The molecule has 0 saturated carbocycles. The lowest BCUT2D eigenvalue weighted by Crippen LogP contribution is -2.21. The maximum Gasteiger partial charge on any atom is 0.169 e. The lowest BCUT2D eigenvalue weighted by atomic mass is 10.2. The zero-order valence-corrected chi connectivity index (χ0v) is 9.96. The first-order valence-corrected chi connectivity index (χ1v) is 5.58. The van der Waals surface area contributed by atoms with Crippen LogP contribution in [-0.2, 0) is 4.79 Å². The maximum absolute atomic E-state index is 11.2. The molecule has 0 saturated heterocycles. The number of ketones is 1. The van der Waals surface area contributed by atoms with Gasteiger partial charge < -0.3 is 9.30 Å². The quantitative estimate of drug-likeness (QED) is 0.807. The molecule has 1 atom stereocenters. The second kappa shape index (κ2) is 4.87. The molecule has 1 aromatic carbocycles. The molecule has 1 heterocycles. The zero-order chi connectivity index (χ0) is 12.3. The van der Waals surface area contributed by atoms with Crippen LogP contribution in [0.25, 0.3) is 5.69 Å². The van der Waals surface area contributed by atoms with Gasteiger partial charge in [0.05, 0.1) is 5.69 Å². The van der Waals surface area contributed by atoms with Crippen molar-refractivity contribution in [3.8, 4) is 11.4 Å². The number of hydrogen-bond acceptors (Lipinski definition) is 2. The van der Waals surface area contributed by atoms with E-state index in [1.807, 2.05) is 53.4 Å². The smallest absolute Gasteiger partial charge is 0.169 e. The largest absolute Gasteiger partial charge is 0.481 e. The lowest BCUT2D eigenvalue weighted by molar-refractivity contribution is -0.122. The van der Waals surface area contributed by atoms with Crippen LogP contribution in [0.4, 0.5) is 0 Å². The molecule has 88 valence electrons. The molecule has 0 fully saturated rings. The van der Waals surface area contributed by atoms with E-state index in [0.717, 1.165) is 5.69 Å². The molecule has 3 nitrogen and oxygen atoms in total. The molecule has 0 N–H and O–H groups in total. The average molecular weight is 229 g/mol. The third-order valence-electron chi connectivity index (χ3n) is 2.62. The molecule has 0 aliphatic heterocycles. The fraction of sp³-hybridized carbons (Fsp3) is 0.214. The number of ether oxygens (including phenoxy) is 1. The van der Waals surface area contributed by atoms with Gasteiger partial charge in [0.2, 0.25) is 0 Å². The standard InChI is InChI=1S/C14H15NO2/c1-11(16)12(2)17-14-8-4-3-7-13(14)15-9-5-6-10-15/h3-10,12H,1-2H3. The molecule has 0 bridgehead atoms. The number of para-hydroxylation sites is 2. The van der Waals surface area contributed by atoms with Crippen LogP contribution in [0.15, 0.2) is 48.8 Å². The highest BCUT2D eigenvalue weighted by molar-refractivity contribution is 5.80. The third-order valence-corrected chi connectivity index (χ3v) is 2.62. The van der Waals surface area contributed by atoms with Crippen molar-refractivity contribution in [3.05, 3.63) is 48.8 Å². The van der Waals surface area contributed by atoms with Crippen molar-refractivity contribution in [2.75, 3.05) is 0 Å². The first-order valence-electron chi connectivity index (χ1n) is 5.58. The van der Waals surface area contributed by atoms with Gasteiger partial charge in [-0.1, -0.05) is 12.1 Å². The van der Waals surface area contributed by atoms with Crippen LogP contribution in [0, 0.1) is 0 Å². The number of hydrogen-bond donors (Lipinski definition) is 0. The molecular weight excluding hydrogens is 214 g/mol. The number of rotatable bonds is 4. The minimum atomic E-state index is -0.424. The Kier molecular flexibility index (Phi) is 3.28. The molecule has 0 aliphatic rings.